The number of carbonyl (C=O) groups is 2. The van der Waals surface area contributed by atoms with Gasteiger partial charge in [0.15, 0.2) is 0 Å². The van der Waals surface area contributed by atoms with Crippen molar-refractivity contribution in [2.75, 3.05) is 12.3 Å². The monoisotopic (exact) mass is 292 g/mol. The molecular weight excluding hydrogens is 268 g/mol. The van der Waals surface area contributed by atoms with Gasteiger partial charge < -0.3 is 16.2 Å². The Morgan fingerprint density at radius 1 is 1.33 bits per heavy atom. The van der Waals surface area contributed by atoms with Gasteiger partial charge in [-0.2, -0.15) is 0 Å². The van der Waals surface area contributed by atoms with Crippen LogP contribution in [0.25, 0.3) is 0 Å². The summed E-state index contributed by atoms with van der Waals surface area (Å²) in [7, 11) is 0. The lowest BCUT2D eigenvalue weighted by molar-refractivity contribution is -0.138. The summed E-state index contributed by atoms with van der Waals surface area (Å²) in [4.78, 5) is 23.0. The molecule has 0 aliphatic rings. The molecule has 5 heteroatoms. The summed E-state index contributed by atoms with van der Waals surface area (Å²) in [6.07, 6.45) is 0.817. The minimum Gasteiger partial charge on any atom is -0.481 e. The molecule has 0 aromatic heterocycles. The van der Waals surface area contributed by atoms with Gasteiger partial charge in [0.1, 0.15) is 0 Å². The number of aliphatic carboxylic acids is 1. The lowest BCUT2D eigenvalue weighted by Crippen LogP contribution is -2.31. The van der Waals surface area contributed by atoms with E-state index in [2.05, 4.69) is 5.32 Å². The van der Waals surface area contributed by atoms with Crippen molar-refractivity contribution in [2.24, 2.45) is 11.8 Å². The van der Waals surface area contributed by atoms with Gasteiger partial charge in [-0.1, -0.05) is 25.5 Å². The molecule has 4 N–H and O–H groups in total. The molecule has 21 heavy (non-hydrogen) atoms. The van der Waals surface area contributed by atoms with E-state index in [1.54, 1.807) is 12.1 Å². The van der Waals surface area contributed by atoms with E-state index in [0.717, 1.165) is 12.0 Å². The largest absolute Gasteiger partial charge is 0.481 e. The Labute approximate surface area is 125 Å². The Kier molecular flexibility index (Phi) is 6.21. The Bertz CT molecular complexity index is 512. The minimum atomic E-state index is -0.843. The van der Waals surface area contributed by atoms with Crippen molar-refractivity contribution in [3.63, 3.8) is 0 Å². The predicted molar refractivity (Wildman–Crippen MR) is 83.1 cm³/mol. The quantitative estimate of drug-likeness (QED) is 0.673. The van der Waals surface area contributed by atoms with Crippen molar-refractivity contribution < 1.29 is 14.7 Å². The molecule has 0 aliphatic heterocycles. The summed E-state index contributed by atoms with van der Waals surface area (Å²) in [5, 5.41) is 11.7. The van der Waals surface area contributed by atoms with Crippen LogP contribution < -0.4 is 11.1 Å². The zero-order valence-corrected chi connectivity index (χ0v) is 12.8. The molecule has 1 atom stereocenters. The number of hydrogen-bond donors (Lipinski definition) is 3. The van der Waals surface area contributed by atoms with E-state index in [0.29, 0.717) is 23.7 Å². The van der Waals surface area contributed by atoms with Gasteiger partial charge in [-0.05, 0) is 37.3 Å². The number of nitrogens with one attached hydrogen (secondary N) is 1. The molecule has 1 aromatic carbocycles. The molecule has 0 radical (unpaired) electrons. The van der Waals surface area contributed by atoms with E-state index in [1.807, 2.05) is 26.8 Å². The van der Waals surface area contributed by atoms with Gasteiger partial charge in [-0.25, -0.2) is 0 Å². The second kappa shape index (κ2) is 7.67. The maximum Gasteiger partial charge on any atom is 0.303 e. The molecule has 1 aromatic rings. The van der Waals surface area contributed by atoms with Crippen LogP contribution in [-0.2, 0) is 4.79 Å². The number of carboxylic acid groups (broad SMARTS) is 1. The number of nitrogen functional groups attached to an aromatic ring is 1. The van der Waals surface area contributed by atoms with Crippen molar-refractivity contribution in [1.29, 1.82) is 0 Å². The van der Waals surface area contributed by atoms with E-state index >= 15 is 0 Å². The fourth-order valence-corrected chi connectivity index (χ4v) is 2.35. The van der Waals surface area contributed by atoms with Crippen LogP contribution in [-0.4, -0.2) is 23.5 Å². The van der Waals surface area contributed by atoms with Crippen LogP contribution in [0, 0.1) is 18.8 Å². The molecule has 5 nitrogen and oxygen atoms in total. The van der Waals surface area contributed by atoms with E-state index in [9.17, 15) is 9.59 Å². The van der Waals surface area contributed by atoms with Gasteiger partial charge in [-0.15, -0.1) is 0 Å². The van der Waals surface area contributed by atoms with Gasteiger partial charge >= 0.3 is 5.97 Å². The summed E-state index contributed by atoms with van der Waals surface area (Å²) in [6.45, 7) is 6.31. The first-order valence-electron chi connectivity index (χ1n) is 7.15. The fourth-order valence-electron chi connectivity index (χ4n) is 2.35. The Hall–Kier alpha value is -2.04. The minimum absolute atomic E-state index is 0.0573. The number of rotatable bonds is 7. The molecule has 116 valence electrons. The van der Waals surface area contributed by atoms with Gasteiger partial charge in [0, 0.05) is 18.7 Å². The van der Waals surface area contributed by atoms with Crippen LogP contribution in [0.1, 0.15) is 42.6 Å². The predicted octanol–water partition coefficient (Wildman–Crippen LogP) is 2.44. The van der Waals surface area contributed by atoms with E-state index in [1.165, 1.54) is 0 Å². The molecule has 0 fully saturated rings. The first-order chi connectivity index (χ1) is 9.79. The molecule has 1 rings (SSSR count). The van der Waals surface area contributed by atoms with Crippen LogP contribution in [0.3, 0.4) is 0 Å². The molecule has 0 spiro atoms. The highest BCUT2D eigenvalue weighted by Gasteiger charge is 2.17. The number of carbonyl (C=O) groups excluding carboxylic acids is 1. The van der Waals surface area contributed by atoms with Gasteiger partial charge in [0.05, 0.1) is 5.56 Å². The number of anilines is 1. The van der Waals surface area contributed by atoms with Crippen molar-refractivity contribution >= 4 is 17.6 Å². The summed E-state index contributed by atoms with van der Waals surface area (Å²) in [5.74, 6) is -0.784. The third-order valence-electron chi connectivity index (χ3n) is 3.27. The molecular formula is C16H24N2O3. The highest BCUT2D eigenvalue weighted by Crippen LogP contribution is 2.16. The van der Waals surface area contributed by atoms with Crippen molar-refractivity contribution in [3.05, 3.63) is 29.3 Å². The summed E-state index contributed by atoms with van der Waals surface area (Å²) >= 11 is 0. The average Bonchev–Trinajstić information content (AvgIpc) is 2.37. The summed E-state index contributed by atoms with van der Waals surface area (Å²) < 4.78 is 0. The SMILES string of the molecule is Cc1ccc(N)c(C(=O)NC[C@H](CC(=O)O)CC(C)C)c1. The molecule has 0 bridgehead atoms. The topological polar surface area (TPSA) is 92.4 Å². The molecule has 1 amide bonds. The smallest absolute Gasteiger partial charge is 0.303 e. The number of carboxylic acids is 1. The lowest BCUT2D eigenvalue weighted by atomic mass is 9.94. The molecule has 0 unspecified atom stereocenters. The molecule has 0 aliphatic carbocycles. The second-order valence-electron chi connectivity index (χ2n) is 5.89. The Morgan fingerprint density at radius 2 is 2.00 bits per heavy atom. The number of nitrogens with two attached hydrogens (primary N) is 1. The van der Waals surface area contributed by atoms with E-state index in [-0.39, 0.29) is 18.2 Å². The summed E-state index contributed by atoms with van der Waals surface area (Å²) in [5.41, 5.74) is 7.63. The van der Waals surface area contributed by atoms with Gasteiger partial charge in [-0.3, -0.25) is 9.59 Å². The van der Waals surface area contributed by atoms with Crippen molar-refractivity contribution in [2.45, 2.75) is 33.6 Å². The van der Waals surface area contributed by atoms with Gasteiger partial charge in [0.25, 0.3) is 5.91 Å². The van der Waals surface area contributed by atoms with Crippen molar-refractivity contribution in [1.82, 2.24) is 5.32 Å². The molecule has 0 saturated heterocycles. The van der Waals surface area contributed by atoms with Crippen molar-refractivity contribution in [3.8, 4) is 0 Å². The van der Waals surface area contributed by atoms with Crippen LogP contribution in [0.2, 0.25) is 0 Å². The maximum atomic E-state index is 12.2. The maximum absolute atomic E-state index is 12.2. The standard InChI is InChI=1S/C16H24N2O3/c1-10(2)6-12(8-15(19)20)9-18-16(21)13-7-11(3)4-5-14(13)17/h4-5,7,10,12H,6,8-9,17H2,1-3H3,(H,18,21)(H,19,20)/t12-/m0/s1. The normalized spacial score (nSPS) is 12.2. The third-order valence-corrected chi connectivity index (χ3v) is 3.27. The summed E-state index contributed by atoms with van der Waals surface area (Å²) in [6, 6.07) is 5.28. The number of aryl methyl sites for hydroxylation is 1. The second-order valence-corrected chi connectivity index (χ2v) is 5.89. The Morgan fingerprint density at radius 3 is 2.57 bits per heavy atom. The average molecular weight is 292 g/mol. The zero-order chi connectivity index (χ0) is 16.0. The number of amides is 1. The lowest BCUT2D eigenvalue weighted by Gasteiger charge is -2.18. The van der Waals surface area contributed by atoms with Crippen LogP contribution in [0.15, 0.2) is 18.2 Å². The first kappa shape index (κ1) is 17.0. The van der Waals surface area contributed by atoms with Crippen LogP contribution in [0.4, 0.5) is 5.69 Å². The highest BCUT2D eigenvalue weighted by molar-refractivity contribution is 5.99. The fraction of sp³-hybridized carbons (Fsp3) is 0.500. The molecule has 0 heterocycles. The molecule has 0 saturated carbocycles. The van der Waals surface area contributed by atoms with E-state index in [4.69, 9.17) is 10.8 Å². The third kappa shape index (κ3) is 5.85. The number of benzene rings is 1. The van der Waals surface area contributed by atoms with E-state index < -0.39 is 5.97 Å². The van der Waals surface area contributed by atoms with Crippen LogP contribution in [0.5, 0.6) is 0 Å². The van der Waals surface area contributed by atoms with Crippen LogP contribution >= 0.6 is 0 Å². The van der Waals surface area contributed by atoms with Gasteiger partial charge in [0.2, 0.25) is 0 Å². The zero-order valence-electron chi connectivity index (χ0n) is 12.8. The first-order valence-corrected chi connectivity index (χ1v) is 7.15. The number of hydrogen-bond acceptors (Lipinski definition) is 3. The highest BCUT2D eigenvalue weighted by atomic mass is 16.4. The Balaban J connectivity index is 2.68.